The lowest BCUT2D eigenvalue weighted by Crippen LogP contribution is -2.34. The molecular formula is C19H20N4O2S. The first-order valence-corrected chi connectivity index (χ1v) is 9.39. The summed E-state index contributed by atoms with van der Waals surface area (Å²) < 4.78 is 5.55. The molecule has 1 aromatic carbocycles. The fraction of sp³-hybridized carbons (Fsp3) is 0.263. The Balaban J connectivity index is 1.42. The molecule has 7 heteroatoms. The number of hydrogen-bond acceptors (Lipinski definition) is 6. The van der Waals surface area contributed by atoms with Crippen LogP contribution in [0.15, 0.2) is 64.5 Å². The van der Waals surface area contributed by atoms with Crippen molar-refractivity contribution in [2.45, 2.75) is 31.0 Å². The van der Waals surface area contributed by atoms with Gasteiger partial charge in [-0.3, -0.25) is 9.78 Å². The number of thioether (sulfide) groups is 1. The van der Waals surface area contributed by atoms with Crippen LogP contribution in [0.3, 0.4) is 0 Å². The van der Waals surface area contributed by atoms with Gasteiger partial charge in [0.1, 0.15) is 0 Å². The van der Waals surface area contributed by atoms with Gasteiger partial charge >= 0.3 is 0 Å². The molecule has 6 nitrogen and oxygen atoms in total. The number of nitrogens with one attached hydrogen (secondary N) is 1. The molecule has 0 bridgehead atoms. The Kier molecular flexibility index (Phi) is 6.38. The van der Waals surface area contributed by atoms with E-state index >= 15 is 0 Å². The Hall–Kier alpha value is -2.67. The molecule has 0 saturated heterocycles. The van der Waals surface area contributed by atoms with E-state index in [-0.39, 0.29) is 17.7 Å². The van der Waals surface area contributed by atoms with Crippen LogP contribution in [0.2, 0.25) is 0 Å². The maximum atomic E-state index is 12.1. The number of hydrogen-bond donors (Lipinski definition) is 1. The van der Waals surface area contributed by atoms with Gasteiger partial charge in [0.2, 0.25) is 11.8 Å². The van der Waals surface area contributed by atoms with E-state index in [1.165, 1.54) is 17.3 Å². The van der Waals surface area contributed by atoms with E-state index in [1.807, 2.05) is 31.2 Å². The molecule has 0 aliphatic carbocycles. The highest BCUT2D eigenvalue weighted by atomic mass is 32.2. The van der Waals surface area contributed by atoms with E-state index in [0.717, 1.165) is 18.4 Å². The van der Waals surface area contributed by atoms with Gasteiger partial charge < -0.3 is 9.73 Å². The number of aromatic nitrogens is 3. The topological polar surface area (TPSA) is 80.9 Å². The van der Waals surface area contributed by atoms with Crippen LogP contribution in [0.5, 0.6) is 0 Å². The van der Waals surface area contributed by atoms with E-state index in [0.29, 0.717) is 11.1 Å². The fourth-order valence-electron chi connectivity index (χ4n) is 2.42. The van der Waals surface area contributed by atoms with Crippen molar-refractivity contribution in [1.82, 2.24) is 20.5 Å². The molecule has 26 heavy (non-hydrogen) atoms. The summed E-state index contributed by atoms with van der Waals surface area (Å²) in [5, 5.41) is 11.3. The summed E-state index contributed by atoms with van der Waals surface area (Å²) in [6.07, 6.45) is 5.17. The Morgan fingerprint density at radius 3 is 2.81 bits per heavy atom. The van der Waals surface area contributed by atoms with E-state index in [2.05, 4.69) is 32.6 Å². The maximum Gasteiger partial charge on any atom is 0.277 e. The summed E-state index contributed by atoms with van der Waals surface area (Å²) in [6.45, 7) is 2.01. The van der Waals surface area contributed by atoms with Gasteiger partial charge in [0.15, 0.2) is 0 Å². The number of nitrogens with zero attached hydrogens (tertiary/aromatic N) is 3. The summed E-state index contributed by atoms with van der Waals surface area (Å²) in [5.74, 6) is 0.596. The summed E-state index contributed by atoms with van der Waals surface area (Å²) in [7, 11) is 0. The van der Waals surface area contributed by atoms with Gasteiger partial charge in [-0.05, 0) is 37.5 Å². The van der Waals surface area contributed by atoms with Crippen molar-refractivity contribution in [3.05, 3.63) is 60.4 Å². The first-order valence-electron chi connectivity index (χ1n) is 8.40. The molecule has 1 atom stereocenters. The van der Waals surface area contributed by atoms with Crippen molar-refractivity contribution in [3.8, 4) is 11.5 Å². The Bertz CT molecular complexity index is 824. The Labute approximate surface area is 156 Å². The molecule has 0 saturated carbocycles. The van der Waals surface area contributed by atoms with Crippen molar-refractivity contribution in [2.75, 3.05) is 5.75 Å². The van der Waals surface area contributed by atoms with Crippen LogP contribution in [-0.4, -0.2) is 32.9 Å². The molecule has 134 valence electrons. The predicted octanol–water partition coefficient (Wildman–Crippen LogP) is 3.36. The van der Waals surface area contributed by atoms with E-state index in [4.69, 9.17) is 4.42 Å². The SMILES string of the molecule is C[C@H](CCc1ccccc1)NC(=O)CSc1nnc(-c2cccnc2)o1. The van der Waals surface area contributed by atoms with Crippen molar-refractivity contribution in [2.24, 2.45) is 0 Å². The zero-order chi connectivity index (χ0) is 18.2. The molecule has 0 spiro atoms. The molecule has 0 aliphatic heterocycles. The minimum atomic E-state index is -0.0447. The standard InChI is InChI=1S/C19H20N4O2S/c1-14(9-10-15-6-3-2-4-7-15)21-17(24)13-26-19-23-22-18(25-19)16-8-5-11-20-12-16/h2-8,11-12,14H,9-10,13H2,1H3,(H,21,24)/t14-/m1/s1. The molecule has 0 aliphatic rings. The first kappa shape index (κ1) is 18.1. The lowest BCUT2D eigenvalue weighted by atomic mass is 10.1. The highest BCUT2D eigenvalue weighted by Crippen LogP contribution is 2.22. The highest BCUT2D eigenvalue weighted by Gasteiger charge is 2.12. The molecule has 3 aromatic rings. The van der Waals surface area contributed by atoms with Gasteiger partial charge in [-0.15, -0.1) is 10.2 Å². The number of benzene rings is 1. The van der Waals surface area contributed by atoms with E-state index in [9.17, 15) is 4.79 Å². The fourth-order valence-corrected chi connectivity index (χ4v) is 2.99. The third-order valence-corrected chi connectivity index (χ3v) is 4.58. The van der Waals surface area contributed by atoms with Crippen LogP contribution in [0.1, 0.15) is 18.9 Å². The molecule has 0 unspecified atom stereocenters. The highest BCUT2D eigenvalue weighted by molar-refractivity contribution is 7.99. The Morgan fingerprint density at radius 2 is 2.04 bits per heavy atom. The third kappa shape index (κ3) is 5.42. The zero-order valence-corrected chi connectivity index (χ0v) is 15.3. The molecular weight excluding hydrogens is 348 g/mol. The smallest absolute Gasteiger partial charge is 0.277 e. The van der Waals surface area contributed by atoms with Gasteiger partial charge in [-0.1, -0.05) is 42.1 Å². The van der Waals surface area contributed by atoms with Crippen LogP contribution < -0.4 is 5.32 Å². The molecule has 2 heterocycles. The molecule has 1 N–H and O–H groups in total. The number of carbonyl (C=O) groups excluding carboxylic acids is 1. The summed E-state index contributed by atoms with van der Waals surface area (Å²) in [6, 6.07) is 14.0. The minimum Gasteiger partial charge on any atom is -0.411 e. The van der Waals surface area contributed by atoms with Gasteiger partial charge in [-0.25, -0.2) is 0 Å². The second kappa shape index (κ2) is 9.15. The average molecular weight is 368 g/mol. The lowest BCUT2D eigenvalue weighted by Gasteiger charge is -2.13. The number of aryl methyl sites for hydroxylation is 1. The summed E-state index contributed by atoms with van der Waals surface area (Å²) >= 11 is 1.23. The molecule has 0 radical (unpaired) electrons. The predicted molar refractivity (Wildman–Crippen MR) is 101 cm³/mol. The lowest BCUT2D eigenvalue weighted by molar-refractivity contribution is -0.119. The average Bonchev–Trinajstić information content (AvgIpc) is 3.15. The van der Waals surface area contributed by atoms with Crippen molar-refractivity contribution >= 4 is 17.7 Å². The molecule has 1 amide bonds. The van der Waals surface area contributed by atoms with Crippen molar-refractivity contribution in [1.29, 1.82) is 0 Å². The van der Waals surface area contributed by atoms with Crippen LogP contribution >= 0.6 is 11.8 Å². The zero-order valence-electron chi connectivity index (χ0n) is 14.5. The van der Waals surface area contributed by atoms with E-state index in [1.54, 1.807) is 18.5 Å². The number of rotatable bonds is 8. The normalized spacial score (nSPS) is 11.9. The van der Waals surface area contributed by atoms with Crippen molar-refractivity contribution in [3.63, 3.8) is 0 Å². The van der Waals surface area contributed by atoms with Gasteiger partial charge in [-0.2, -0.15) is 0 Å². The number of carbonyl (C=O) groups is 1. The number of pyridine rings is 1. The Morgan fingerprint density at radius 1 is 1.19 bits per heavy atom. The van der Waals surface area contributed by atoms with Crippen LogP contribution in [0.4, 0.5) is 0 Å². The second-order valence-corrected chi connectivity index (χ2v) is 6.82. The molecule has 2 aromatic heterocycles. The molecule has 3 rings (SSSR count). The van der Waals surface area contributed by atoms with Crippen LogP contribution in [0, 0.1) is 0 Å². The summed E-state index contributed by atoms with van der Waals surface area (Å²) in [4.78, 5) is 16.1. The monoisotopic (exact) mass is 368 g/mol. The maximum absolute atomic E-state index is 12.1. The van der Waals surface area contributed by atoms with Crippen molar-refractivity contribution < 1.29 is 9.21 Å². The number of amides is 1. The van der Waals surface area contributed by atoms with Crippen LogP contribution in [-0.2, 0) is 11.2 Å². The largest absolute Gasteiger partial charge is 0.411 e. The van der Waals surface area contributed by atoms with Gasteiger partial charge in [0.25, 0.3) is 5.22 Å². The third-order valence-electron chi connectivity index (χ3n) is 3.76. The minimum absolute atomic E-state index is 0.0447. The van der Waals surface area contributed by atoms with Gasteiger partial charge in [0.05, 0.1) is 11.3 Å². The molecule has 0 fully saturated rings. The second-order valence-electron chi connectivity index (χ2n) is 5.90. The van der Waals surface area contributed by atoms with Gasteiger partial charge in [0, 0.05) is 18.4 Å². The van der Waals surface area contributed by atoms with E-state index < -0.39 is 0 Å². The quantitative estimate of drug-likeness (QED) is 0.614. The first-order chi connectivity index (χ1) is 12.7. The van der Waals surface area contributed by atoms with Crippen LogP contribution in [0.25, 0.3) is 11.5 Å². The summed E-state index contributed by atoms with van der Waals surface area (Å²) in [5.41, 5.74) is 2.03.